The van der Waals surface area contributed by atoms with Crippen molar-refractivity contribution in [2.24, 2.45) is 0 Å². The van der Waals surface area contributed by atoms with E-state index in [1.807, 2.05) is 9.80 Å². The van der Waals surface area contributed by atoms with Gasteiger partial charge in [0.2, 0.25) is 0 Å². The molecule has 4 rings (SSSR count). The number of carbonyl (C=O) groups is 2. The molecule has 2 fully saturated rings. The summed E-state index contributed by atoms with van der Waals surface area (Å²) in [4.78, 5) is 45.7. The fourth-order valence-corrected chi connectivity index (χ4v) is 4.40. The van der Waals surface area contributed by atoms with E-state index in [2.05, 4.69) is 33.8 Å². The van der Waals surface area contributed by atoms with Crippen LogP contribution in [-0.4, -0.2) is 67.7 Å². The molecule has 2 saturated heterocycles. The monoisotopic (exact) mass is 412 g/mol. The standard InChI is InChI=1S/C22H32N6O2/c1-3-9-15-17(21(29)27-11-5-6-12-27)25-19(23-15)20-24-16(10-4-2)18(26-20)22(30)28-13-7-8-14-28/h3-14H2,1-2H3,(H,23,25)(H,24,26). The molecule has 0 spiro atoms. The Morgan fingerprint density at radius 2 is 1.10 bits per heavy atom. The lowest BCUT2D eigenvalue weighted by molar-refractivity contribution is 0.0778. The summed E-state index contributed by atoms with van der Waals surface area (Å²) in [5.74, 6) is 1.07. The van der Waals surface area contributed by atoms with Gasteiger partial charge in [-0.1, -0.05) is 26.7 Å². The van der Waals surface area contributed by atoms with Crippen LogP contribution in [0.5, 0.6) is 0 Å². The van der Waals surface area contributed by atoms with Crippen LogP contribution in [-0.2, 0) is 12.8 Å². The third kappa shape index (κ3) is 4.00. The van der Waals surface area contributed by atoms with Crippen LogP contribution in [0.4, 0.5) is 0 Å². The molecule has 0 unspecified atom stereocenters. The van der Waals surface area contributed by atoms with E-state index in [4.69, 9.17) is 0 Å². The zero-order valence-electron chi connectivity index (χ0n) is 18.1. The van der Waals surface area contributed by atoms with Gasteiger partial charge in [0.1, 0.15) is 11.4 Å². The maximum Gasteiger partial charge on any atom is 0.274 e. The molecule has 2 N–H and O–H groups in total. The van der Waals surface area contributed by atoms with Crippen molar-refractivity contribution in [3.05, 3.63) is 22.8 Å². The SMILES string of the molecule is CCCc1[nH]c(-c2nc(C(=O)N3CCCC3)c(CCC)[nH]2)nc1C(=O)N1CCCC1. The third-order valence-electron chi connectivity index (χ3n) is 5.97. The molecule has 2 aliphatic heterocycles. The summed E-state index contributed by atoms with van der Waals surface area (Å²) in [6, 6.07) is 0. The van der Waals surface area contributed by atoms with Gasteiger partial charge in [0, 0.05) is 37.6 Å². The number of rotatable bonds is 7. The number of aromatic amines is 2. The van der Waals surface area contributed by atoms with Gasteiger partial charge in [0.25, 0.3) is 11.8 Å². The molecular formula is C22H32N6O2. The van der Waals surface area contributed by atoms with E-state index in [0.29, 0.717) is 23.0 Å². The van der Waals surface area contributed by atoms with E-state index in [9.17, 15) is 9.59 Å². The quantitative estimate of drug-likeness (QED) is 0.730. The summed E-state index contributed by atoms with van der Waals surface area (Å²) in [5, 5.41) is 0. The summed E-state index contributed by atoms with van der Waals surface area (Å²) in [6.45, 7) is 7.35. The summed E-state index contributed by atoms with van der Waals surface area (Å²) in [7, 11) is 0. The van der Waals surface area contributed by atoms with Crippen molar-refractivity contribution in [3.63, 3.8) is 0 Å². The number of likely N-dealkylation sites (tertiary alicyclic amines) is 2. The molecule has 162 valence electrons. The fourth-order valence-electron chi connectivity index (χ4n) is 4.40. The normalized spacial score (nSPS) is 16.6. The number of hydrogen-bond acceptors (Lipinski definition) is 4. The first-order chi connectivity index (χ1) is 14.6. The second kappa shape index (κ2) is 9.02. The summed E-state index contributed by atoms with van der Waals surface area (Å²) >= 11 is 0. The maximum absolute atomic E-state index is 13.0. The second-order valence-electron chi connectivity index (χ2n) is 8.32. The number of amides is 2. The van der Waals surface area contributed by atoms with Gasteiger partial charge in [-0.05, 0) is 38.5 Å². The minimum absolute atomic E-state index is 0.00726. The minimum Gasteiger partial charge on any atom is -0.339 e. The van der Waals surface area contributed by atoms with Gasteiger partial charge in [-0.25, -0.2) is 9.97 Å². The molecule has 2 aliphatic rings. The zero-order chi connectivity index (χ0) is 21.1. The molecule has 4 heterocycles. The van der Waals surface area contributed by atoms with Crippen LogP contribution in [0.25, 0.3) is 11.6 Å². The van der Waals surface area contributed by atoms with Crippen LogP contribution in [0.3, 0.4) is 0 Å². The Labute approximate surface area is 177 Å². The molecule has 0 radical (unpaired) electrons. The largest absolute Gasteiger partial charge is 0.339 e. The lowest BCUT2D eigenvalue weighted by Gasteiger charge is -2.14. The molecule has 2 aromatic rings. The molecular weight excluding hydrogens is 380 g/mol. The number of imidazole rings is 2. The number of hydrogen-bond donors (Lipinski definition) is 2. The Hall–Kier alpha value is -2.64. The van der Waals surface area contributed by atoms with Crippen molar-refractivity contribution in [1.29, 1.82) is 0 Å². The number of nitrogens with one attached hydrogen (secondary N) is 2. The average molecular weight is 413 g/mol. The first-order valence-electron chi connectivity index (χ1n) is 11.4. The lowest BCUT2D eigenvalue weighted by Crippen LogP contribution is -2.28. The van der Waals surface area contributed by atoms with Crippen molar-refractivity contribution in [2.75, 3.05) is 26.2 Å². The molecule has 2 aromatic heterocycles. The summed E-state index contributed by atoms with van der Waals surface area (Å²) in [6.07, 6.45) is 7.53. The van der Waals surface area contributed by atoms with Crippen molar-refractivity contribution in [2.45, 2.75) is 65.2 Å². The van der Waals surface area contributed by atoms with Gasteiger partial charge >= 0.3 is 0 Å². The smallest absolute Gasteiger partial charge is 0.274 e. The Morgan fingerprint density at radius 1 is 0.733 bits per heavy atom. The van der Waals surface area contributed by atoms with Crippen molar-refractivity contribution in [3.8, 4) is 11.6 Å². The Balaban J connectivity index is 1.67. The highest BCUT2D eigenvalue weighted by Crippen LogP contribution is 2.23. The second-order valence-corrected chi connectivity index (χ2v) is 8.32. The number of H-pyrrole nitrogens is 2. The molecule has 0 bridgehead atoms. The molecule has 8 heteroatoms. The van der Waals surface area contributed by atoms with Crippen molar-refractivity contribution < 1.29 is 9.59 Å². The first-order valence-corrected chi connectivity index (χ1v) is 11.4. The van der Waals surface area contributed by atoms with Gasteiger partial charge < -0.3 is 19.8 Å². The molecule has 0 saturated carbocycles. The van der Waals surface area contributed by atoms with Gasteiger partial charge in [-0.15, -0.1) is 0 Å². The van der Waals surface area contributed by atoms with Gasteiger partial charge in [-0.2, -0.15) is 0 Å². The number of aryl methyl sites for hydroxylation is 2. The van der Waals surface area contributed by atoms with Crippen molar-refractivity contribution in [1.82, 2.24) is 29.7 Å². The van der Waals surface area contributed by atoms with Crippen molar-refractivity contribution >= 4 is 11.8 Å². The predicted molar refractivity (Wildman–Crippen MR) is 114 cm³/mol. The van der Waals surface area contributed by atoms with Gasteiger partial charge in [-0.3, -0.25) is 9.59 Å². The summed E-state index contributed by atoms with van der Waals surface area (Å²) in [5.41, 5.74) is 2.69. The maximum atomic E-state index is 13.0. The molecule has 0 aliphatic carbocycles. The first kappa shape index (κ1) is 20.6. The number of nitrogens with zero attached hydrogens (tertiary/aromatic N) is 4. The van der Waals surface area contributed by atoms with Gasteiger partial charge in [0.15, 0.2) is 11.6 Å². The van der Waals surface area contributed by atoms with E-state index in [1.165, 1.54) is 0 Å². The zero-order valence-corrected chi connectivity index (χ0v) is 18.1. The third-order valence-corrected chi connectivity index (χ3v) is 5.97. The van der Waals surface area contributed by atoms with Crippen LogP contribution in [0, 0.1) is 0 Å². The molecule has 0 aromatic carbocycles. The van der Waals surface area contributed by atoms with Gasteiger partial charge in [0.05, 0.1) is 0 Å². The fraction of sp³-hybridized carbons (Fsp3) is 0.636. The van der Waals surface area contributed by atoms with E-state index < -0.39 is 0 Å². The topological polar surface area (TPSA) is 98.0 Å². The summed E-state index contributed by atoms with van der Waals surface area (Å²) < 4.78 is 0. The van der Waals surface area contributed by atoms with E-state index in [-0.39, 0.29) is 11.8 Å². The Bertz CT molecular complexity index is 829. The molecule has 8 nitrogen and oxygen atoms in total. The lowest BCUT2D eigenvalue weighted by atomic mass is 10.2. The molecule has 0 atom stereocenters. The molecule has 30 heavy (non-hydrogen) atoms. The minimum atomic E-state index is -0.00726. The number of aromatic nitrogens is 4. The Morgan fingerprint density at radius 3 is 1.43 bits per heavy atom. The highest BCUT2D eigenvalue weighted by molar-refractivity contribution is 5.95. The highest BCUT2D eigenvalue weighted by Gasteiger charge is 2.28. The molecule has 2 amide bonds. The van der Waals surface area contributed by atoms with Crippen LogP contribution >= 0.6 is 0 Å². The number of carbonyl (C=O) groups excluding carboxylic acids is 2. The predicted octanol–water partition coefficient (Wildman–Crippen LogP) is 3.18. The van der Waals surface area contributed by atoms with E-state index >= 15 is 0 Å². The highest BCUT2D eigenvalue weighted by atomic mass is 16.2. The Kier molecular flexibility index (Phi) is 6.20. The van der Waals surface area contributed by atoms with E-state index in [1.54, 1.807) is 0 Å². The van der Waals surface area contributed by atoms with Crippen LogP contribution < -0.4 is 0 Å². The van der Waals surface area contributed by atoms with Crippen LogP contribution in [0.1, 0.15) is 84.7 Å². The van der Waals surface area contributed by atoms with Crippen LogP contribution in [0.2, 0.25) is 0 Å². The van der Waals surface area contributed by atoms with E-state index in [0.717, 1.165) is 88.9 Å². The van der Waals surface area contributed by atoms with Crippen LogP contribution in [0.15, 0.2) is 0 Å². The average Bonchev–Trinajstić information content (AvgIpc) is 3.54.